The molecule has 0 atom stereocenters. The number of hydrogen-bond acceptors (Lipinski definition) is 1. The molecule has 1 N–H and O–H groups in total. The lowest BCUT2D eigenvalue weighted by Crippen LogP contribution is -1.89. The first kappa shape index (κ1) is 10.3. The zero-order valence-electron chi connectivity index (χ0n) is 10.3. The van der Waals surface area contributed by atoms with Crippen molar-refractivity contribution in [2.75, 3.05) is 0 Å². The van der Waals surface area contributed by atoms with Gasteiger partial charge in [-0.15, -0.1) is 0 Å². The van der Waals surface area contributed by atoms with Gasteiger partial charge in [0.2, 0.25) is 0 Å². The largest absolute Gasteiger partial charge is 0.353 e. The summed E-state index contributed by atoms with van der Waals surface area (Å²) in [7, 11) is 0. The summed E-state index contributed by atoms with van der Waals surface area (Å²) >= 11 is 0. The van der Waals surface area contributed by atoms with Crippen molar-refractivity contribution in [3.8, 4) is 22.6 Å². The second-order valence-electron chi connectivity index (χ2n) is 4.65. The van der Waals surface area contributed by atoms with Crippen LogP contribution in [0.25, 0.3) is 33.4 Å². The number of nitrogens with one attached hydrogen (secondary N) is 1. The number of fused-ring (bicyclic) bond motifs is 3. The van der Waals surface area contributed by atoms with Gasteiger partial charge in [-0.25, -0.2) is 0 Å². The minimum absolute atomic E-state index is 0.967. The van der Waals surface area contributed by atoms with E-state index < -0.39 is 0 Å². The minimum atomic E-state index is 0.967. The van der Waals surface area contributed by atoms with Gasteiger partial charge in [-0.05, 0) is 35.2 Å². The van der Waals surface area contributed by atoms with Gasteiger partial charge in [0, 0.05) is 11.6 Å². The second-order valence-corrected chi connectivity index (χ2v) is 4.65. The molecule has 0 unspecified atom stereocenters. The van der Waals surface area contributed by atoms with Gasteiger partial charge in [-0.1, -0.05) is 36.4 Å². The van der Waals surface area contributed by atoms with Crippen molar-refractivity contribution in [3.05, 3.63) is 66.9 Å². The molecule has 0 amide bonds. The lowest BCUT2D eigenvalue weighted by molar-refractivity contribution is 1.26. The molecule has 0 fully saturated rings. The van der Waals surface area contributed by atoms with Crippen LogP contribution in [-0.2, 0) is 0 Å². The Morgan fingerprint density at radius 3 is 2.63 bits per heavy atom. The summed E-state index contributed by atoms with van der Waals surface area (Å²) in [6.07, 6.45) is 1.82. The molecule has 0 radical (unpaired) electrons. The Bertz CT molecular complexity index is 815. The highest BCUT2D eigenvalue weighted by Crippen LogP contribution is 2.33. The molecule has 2 aromatic rings. The number of pyridine rings is 2. The average molecular weight is 244 g/mol. The smallest absolute Gasteiger partial charge is 0.0864 e. The molecule has 2 heterocycles. The normalized spacial score (nSPS) is 11.2. The molecule has 1 aromatic heterocycles. The molecule has 0 saturated heterocycles. The Morgan fingerprint density at radius 2 is 1.74 bits per heavy atom. The van der Waals surface area contributed by atoms with Crippen LogP contribution >= 0.6 is 0 Å². The number of aromatic nitrogens is 2. The fourth-order valence-electron chi connectivity index (χ4n) is 2.54. The first-order valence-corrected chi connectivity index (χ1v) is 6.34. The number of rotatable bonds is 1. The fraction of sp³-hybridized carbons (Fsp3) is 0. The first-order valence-electron chi connectivity index (χ1n) is 6.34. The predicted octanol–water partition coefficient (Wildman–Crippen LogP) is 4.33. The highest BCUT2D eigenvalue weighted by atomic mass is 14.8. The maximum Gasteiger partial charge on any atom is 0.0864 e. The van der Waals surface area contributed by atoms with E-state index in [1.54, 1.807) is 0 Å². The van der Waals surface area contributed by atoms with Crippen LogP contribution in [0, 0.1) is 0 Å². The number of aromatic amines is 1. The van der Waals surface area contributed by atoms with Gasteiger partial charge in [0.25, 0.3) is 0 Å². The molecule has 90 valence electrons. The second kappa shape index (κ2) is 3.95. The molecular formula is C17H12N2. The van der Waals surface area contributed by atoms with Gasteiger partial charge in [-0.3, -0.25) is 4.98 Å². The van der Waals surface area contributed by atoms with Crippen LogP contribution in [0.5, 0.6) is 0 Å². The van der Waals surface area contributed by atoms with Gasteiger partial charge in [0.05, 0.1) is 17.1 Å². The maximum absolute atomic E-state index is 4.39. The van der Waals surface area contributed by atoms with Gasteiger partial charge >= 0.3 is 0 Å². The molecule has 0 saturated carbocycles. The van der Waals surface area contributed by atoms with Crippen molar-refractivity contribution in [3.63, 3.8) is 0 Å². The summed E-state index contributed by atoms with van der Waals surface area (Å²) in [5.74, 6) is 0. The van der Waals surface area contributed by atoms with Crippen LogP contribution in [-0.4, -0.2) is 9.97 Å². The molecule has 1 aliphatic carbocycles. The van der Waals surface area contributed by atoms with E-state index in [9.17, 15) is 0 Å². The topological polar surface area (TPSA) is 28.7 Å². The predicted molar refractivity (Wildman–Crippen MR) is 78.2 cm³/mol. The lowest BCUT2D eigenvalue weighted by Gasteiger charge is -2.06. The van der Waals surface area contributed by atoms with Gasteiger partial charge < -0.3 is 4.98 Å². The first-order chi connectivity index (χ1) is 9.42. The summed E-state index contributed by atoms with van der Waals surface area (Å²) in [6, 6.07) is 20.8. The molecule has 0 bridgehead atoms. The SMILES string of the molecule is c1ccc(-c2ccc3cc4ccccc4c-3[nH]2)nc1. The summed E-state index contributed by atoms with van der Waals surface area (Å²) in [5, 5.41) is 2.53. The van der Waals surface area contributed by atoms with E-state index in [1.165, 1.54) is 22.0 Å². The van der Waals surface area contributed by atoms with Crippen LogP contribution in [0.1, 0.15) is 0 Å². The van der Waals surface area contributed by atoms with Crippen molar-refractivity contribution in [1.29, 1.82) is 0 Å². The van der Waals surface area contributed by atoms with E-state index in [4.69, 9.17) is 0 Å². The van der Waals surface area contributed by atoms with E-state index in [2.05, 4.69) is 52.4 Å². The van der Waals surface area contributed by atoms with Crippen LogP contribution in [0.15, 0.2) is 66.9 Å². The Balaban J connectivity index is 2.01. The Labute approximate surface area is 111 Å². The maximum atomic E-state index is 4.39. The molecule has 2 heteroatoms. The van der Waals surface area contributed by atoms with E-state index in [-0.39, 0.29) is 0 Å². The van der Waals surface area contributed by atoms with E-state index >= 15 is 0 Å². The third kappa shape index (κ3) is 1.61. The van der Waals surface area contributed by atoms with E-state index in [0.717, 1.165) is 11.4 Å². The third-order valence-corrected chi connectivity index (χ3v) is 3.46. The molecule has 1 aliphatic heterocycles. The molecular weight excluding hydrogens is 232 g/mol. The molecule has 19 heavy (non-hydrogen) atoms. The monoisotopic (exact) mass is 244 g/mol. The molecule has 2 aliphatic rings. The summed E-state index contributed by atoms with van der Waals surface area (Å²) in [4.78, 5) is 7.89. The molecule has 2 nitrogen and oxygen atoms in total. The van der Waals surface area contributed by atoms with Crippen LogP contribution in [0.4, 0.5) is 0 Å². The van der Waals surface area contributed by atoms with Crippen molar-refractivity contribution in [1.82, 2.24) is 9.97 Å². The van der Waals surface area contributed by atoms with Crippen molar-refractivity contribution >= 4 is 10.8 Å². The van der Waals surface area contributed by atoms with Crippen LogP contribution in [0.2, 0.25) is 0 Å². The Morgan fingerprint density at radius 1 is 0.842 bits per heavy atom. The third-order valence-electron chi connectivity index (χ3n) is 3.46. The summed E-state index contributed by atoms with van der Waals surface area (Å²) in [6.45, 7) is 0. The summed E-state index contributed by atoms with van der Waals surface area (Å²) in [5.41, 5.74) is 4.43. The fourth-order valence-corrected chi connectivity index (χ4v) is 2.54. The number of hydrogen-bond donors (Lipinski definition) is 1. The minimum Gasteiger partial charge on any atom is -0.353 e. The quantitative estimate of drug-likeness (QED) is 0.530. The molecule has 4 rings (SSSR count). The average Bonchev–Trinajstić information content (AvgIpc) is 2.86. The molecule has 1 aromatic carbocycles. The van der Waals surface area contributed by atoms with Crippen molar-refractivity contribution < 1.29 is 0 Å². The van der Waals surface area contributed by atoms with Gasteiger partial charge in [0.1, 0.15) is 0 Å². The zero-order chi connectivity index (χ0) is 12.7. The summed E-state index contributed by atoms with van der Waals surface area (Å²) < 4.78 is 0. The van der Waals surface area contributed by atoms with Gasteiger partial charge in [-0.2, -0.15) is 0 Å². The van der Waals surface area contributed by atoms with Gasteiger partial charge in [0.15, 0.2) is 0 Å². The van der Waals surface area contributed by atoms with Crippen molar-refractivity contribution in [2.45, 2.75) is 0 Å². The zero-order valence-corrected chi connectivity index (χ0v) is 10.3. The number of benzene rings is 1. The number of H-pyrrole nitrogens is 1. The molecule has 0 spiro atoms. The Hall–Kier alpha value is -2.61. The van der Waals surface area contributed by atoms with E-state index in [1.807, 2.05) is 24.4 Å². The Kier molecular flexibility index (Phi) is 2.15. The highest BCUT2D eigenvalue weighted by Gasteiger charge is 2.11. The number of nitrogens with zero attached hydrogens (tertiary/aromatic N) is 1. The van der Waals surface area contributed by atoms with Crippen LogP contribution in [0.3, 0.4) is 0 Å². The lowest BCUT2D eigenvalue weighted by atomic mass is 10.1. The van der Waals surface area contributed by atoms with Crippen LogP contribution < -0.4 is 0 Å². The van der Waals surface area contributed by atoms with E-state index in [0.29, 0.717) is 0 Å². The standard InChI is InChI=1S/C17H12N2/c1-2-6-14-12(5-1)11-13-8-9-16(19-17(13)14)15-7-3-4-10-18-15/h1-11,19H. The highest BCUT2D eigenvalue weighted by molar-refractivity contribution is 6.01. The van der Waals surface area contributed by atoms with Crippen molar-refractivity contribution in [2.24, 2.45) is 0 Å².